The molecule has 0 aliphatic carbocycles. The monoisotopic (exact) mass is 372 g/mol. The molecule has 0 spiro atoms. The molecule has 0 unspecified atom stereocenters. The quantitative estimate of drug-likeness (QED) is 0.684. The van der Waals surface area contributed by atoms with E-state index in [1.165, 1.54) is 6.26 Å². The molecule has 0 atom stereocenters. The molecule has 144 valence electrons. The molecule has 27 heavy (non-hydrogen) atoms. The maximum atomic E-state index is 12.2. The molecule has 7 heteroatoms. The highest BCUT2D eigenvalue weighted by Crippen LogP contribution is 2.12. The number of rotatable bonds is 9. The fourth-order valence-electron chi connectivity index (χ4n) is 2.48. The molecule has 2 rings (SSSR count). The molecule has 0 fully saturated rings. The summed E-state index contributed by atoms with van der Waals surface area (Å²) in [5.41, 5.74) is 1.09. The van der Waals surface area contributed by atoms with Gasteiger partial charge in [0.1, 0.15) is 5.76 Å². The molecule has 2 aromatic rings. The van der Waals surface area contributed by atoms with Crippen LogP contribution < -0.4 is 5.32 Å². The number of nitrogens with zero attached hydrogens (tertiary/aromatic N) is 1. The van der Waals surface area contributed by atoms with Crippen molar-refractivity contribution < 1.29 is 23.5 Å². The Labute approximate surface area is 158 Å². The highest BCUT2D eigenvalue weighted by Gasteiger charge is 2.13. The molecule has 2 amide bonds. The summed E-state index contributed by atoms with van der Waals surface area (Å²) in [4.78, 5) is 37.5. The maximum absolute atomic E-state index is 12.2. The van der Waals surface area contributed by atoms with Gasteiger partial charge in [-0.2, -0.15) is 0 Å². The molecule has 0 aliphatic heterocycles. The van der Waals surface area contributed by atoms with Crippen molar-refractivity contribution in [1.82, 2.24) is 4.90 Å². The van der Waals surface area contributed by atoms with E-state index >= 15 is 0 Å². The van der Waals surface area contributed by atoms with E-state index in [4.69, 9.17) is 9.15 Å². The Kier molecular flexibility index (Phi) is 7.61. The second-order valence-electron chi connectivity index (χ2n) is 5.84. The van der Waals surface area contributed by atoms with Crippen molar-refractivity contribution in [2.24, 2.45) is 0 Å². The first-order valence-electron chi connectivity index (χ1n) is 8.90. The molecule has 1 heterocycles. The van der Waals surface area contributed by atoms with Gasteiger partial charge >= 0.3 is 5.97 Å². The van der Waals surface area contributed by atoms with Gasteiger partial charge in [0.15, 0.2) is 6.61 Å². The van der Waals surface area contributed by atoms with Crippen LogP contribution in [0.1, 0.15) is 36.4 Å². The van der Waals surface area contributed by atoms with Gasteiger partial charge in [-0.05, 0) is 50.2 Å². The number of amides is 2. The number of hydrogen-bond donors (Lipinski definition) is 1. The summed E-state index contributed by atoms with van der Waals surface area (Å²) in [6, 6.07) is 10.1. The van der Waals surface area contributed by atoms with E-state index in [0.29, 0.717) is 36.5 Å². The predicted octanol–water partition coefficient (Wildman–Crippen LogP) is 2.88. The SMILES string of the molecule is CCN(CC)C(=O)c1ccc(NC(=O)COC(=O)CCc2ccco2)cc1. The fraction of sp³-hybridized carbons (Fsp3) is 0.350. The minimum absolute atomic E-state index is 0.0524. The molecule has 0 aliphatic rings. The molecule has 7 nitrogen and oxygen atoms in total. The Morgan fingerprint density at radius 3 is 2.37 bits per heavy atom. The van der Waals surface area contributed by atoms with Crippen LogP contribution in [0.3, 0.4) is 0 Å². The lowest BCUT2D eigenvalue weighted by molar-refractivity contribution is -0.147. The van der Waals surface area contributed by atoms with Crippen molar-refractivity contribution in [2.75, 3.05) is 25.0 Å². The standard InChI is InChI=1S/C20H24N2O5/c1-3-22(4-2)20(25)15-7-9-16(10-8-15)21-18(23)14-27-19(24)12-11-17-6-5-13-26-17/h5-10,13H,3-4,11-12,14H2,1-2H3,(H,21,23). The van der Waals surface area contributed by atoms with Crippen molar-refractivity contribution in [2.45, 2.75) is 26.7 Å². The van der Waals surface area contributed by atoms with Crippen molar-refractivity contribution >= 4 is 23.5 Å². The van der Waals surface area contributed by atoms with Crippen LogP contribution >= 0.6 is 0 Å². The lowest BCUT2D eigenvalue weighted by Gasteiger charge is -2.18. The Bertz CT molecular complexity index is 749. The summed E-state index contributed by atoms with van der Waals surface area (Å²) in [6.45, 7) is 4.76. The molecule has 1 aromatic heterocycles. The van der Waals surface area contributed by atoms with Gasteiger partial charge in [-0.1, -0.05) is 0 Å². The summed E-state index contributed by atoms with van der Waals surface area (Å²) < 4.78 is 10.1. The third-order valence-corrected chi connectivity index (χ3v) is 3.99. The molecular formula is C20H24N2O5. The summed E-state index contributed by atoms with van der Waals surface area (Å²) in [7, 11) is 0. The summed E-state index contributed by atoms with van der Waals surface area (Å²) >= 11 is 0. The molecule has 0 bridgehead atoms. The highest BCUT2D eigenvalue weighted by molar-refractivity contribution is 5.96. The topological polar surface area (TPSA) is 88.9 Å². The summed E-state index contributed by atoms with van der Waals surface area (Å²) in [6.07, 6.45) is 2.10. The smallest absolute Gasteiger partial charge is 0.306 e. The van der Waals surface area contributed by atoms with Crippen LogP contribution in [0.4, 0.5) is 5.69 Å². The largest absolute Gasteiger partial charge is 0.469 e. The van der Waals surface area contributed by atoms with Crippen LogP contribution in [0.2, 0.25) is 0 Å². The number of furan rings is 1. The predicted molar refractivity (Wildman–Crippen MR) is 100 cm³/mol. The first kappa shape index (κ1) is 20.2. The first-order chi connectivity index (χ1) is 13.0. The number of carbonyl (C=O) groups excluding carboxylic acids is 3. The molecule has 1 N–H and O–H groups in total. The van der Waals surface area contributed by atoms with Crippen molar-refractivity contribution in [3.05, 3.63) is 54.0 Å². The zero-order valence-corrected chi connectivity index (χ0v) is 15.6. The van der Waals surface area contributed by atoms with Gasteiger partial charge in [0.25, 0.3) is 11.8 Å². The lowest BCUT2D eigenvalue weighted by atomic mass is 10.2. The molecule has 1 aromatic carbocycles. The van der Waals surface area contributed by atoms with Gasteiger partial charge in [0.05, 0.1) is 12.7 Å². The van der Waals surface area contributed by atoms with Gasteiger partial charge in [-0.3, -0.25) is 14.4 Å². The van der Waals surface area contributed by atoms with Gasteiger partial charge in [-0.15, -0.1) is 0 Å². The number of nitrogens with one attached hydrogen (secondary N) is 1. The van der Waals surface area contributed by atoms with Gasteiger partial charge in [0, 0.05) is 30.8 Å². The first-order valence-corrected chi connectivity index (χ1v) is 8.90. The van der Waals surface area contributed by atoms with Crippen LogP contribution in [-0.4, -0.2) is 42.4 Å². The van der Waals surface area contributed by atoms with E-state index in [1.807, 2.05) is 13.8 Å². The summed E-state index contributed by atoms with van der Waals surface area (Å²) in [5.74, 6) is -0.273. The van der Waals surface area contributed by atoms with Gasteiger partial charge < -0.3 is 19.4 Å². The zero-order chi connectivity index (χ0) is 19.6. The number of carbonyl (C=O) groups is 3. The Morgan fingerprint density at radius 1 is 1.07 bits per heavy atom. The number of anilines is 1. The molecule has 0 radical (unpaired) electrons. The Morgan fingerprint density at radius 2 is 1.78 bits per heavy atom. The van der Waals surface area contributed by atoms with E-state index in [9.17, 15) is 14.4 Å². The van der Waals surface area contributed by atoms with Crippen molar-refractivity contribution in [1.29, 1.82) is 0 Å². The molecule has 0 saturated carbocycles. The average Bonchev–Trinajstić information content (AvgIpc) is 3.20. The van der Waals surface area contributed by atoms with Gasteiger partial charge in [0.2, 0.25) is 0 Å². The third kappa shape index (κ3) is 6.29. The average molecular weight is 372 g/mol. The summed E-state index contributed by atoms with van der Waals surface area (Å²) in [5, 5.41) is 2.63. The van der Waals surface area contributed by atoms with Crippen LogP contribution in [0.25, 0.3) is 0 Å². The normalized spacial score (nSPS) is 10.3. The Balaban J connectivity index is 1.76. The van der Waals surface area contributed by atoms with Crippen LogP contribution in [0.15, 0.2) is 47.1 Å². The number of benzene rings is 1. The number of ether oxygens (including phenoxy) is 1. The molecule has 0 saturated heterocycles. The van der Waals surface area contributed by atoms with E-state index < -0.39 is 11.9 Å². The Hall–Kier alpha value is -3.09. The minimum atomic E-state index is -0.471. The number of aryl methyl sites for hydroxylation is 1. The maximum Gasteiger partial charge on any atom is 0.306 e. The van der Waals surface area contributed by atoms with E-state index in [-0.39, 0.29) is 18.9 Å². The second kappa shape index (κ2) is 10.2. The lowest BCUT2D eigenvalue weighted by Crippen LogP contribution is -2.30. The fourth-order valence-corrected chi connectivity index (χ4v) is 2.48. The van der Waals surface area contributed by atoms with Crippen LogP contribution in [0, 0.1) is 0 Å². The minimum Gasteiger partial charge on any atom is -0.469 e. The zero-order valence-electron chi connectivity index (χ0n) is 15.6. The number of esters is 1. The van der Waals surface area contributed by atoms with E-state index in [2.05, 4.69) is 5.32 Å². The van der Waals surface area contributed by atoms with Crippen LogP contribution in [-0.2, 0) is 20.7 Å². The van der Waals surface area contributed by atoms with E-state index in [1.54, 1.807) is 41.3 Å². The number of hydrogen-bond acceptors (Lipinski definition) is 5. The third-order valence-electron chi connectivity index (χ3n) is 3.99. The van der Waals surface area contributed by atoms with E-state index in [0.717, 1.165) is 0 Å². The van der Waals surface area contributed by atoms with Crippen LogP contribution in [0.5, 0.6) is 0 Å². The van der Waals surface area contributed by atoms with Gasteiger partial charge in [-0.25, -0.2) is 0 Å². The molecular weight excluding hydrogens is 348 g/mol. The van der Waals surface area contributed by atoms with Crippen molar-refractivity contribution in [3.8, 4) is 0 Å². The second-order valence-corrected chi connectivity index (χ2v) is 5.84. The highest BCUT2D eigenvalue weighted by atomic mass is 16.5. The van der Waals surface area contributed by atoms with Crippen molar-refractivity contribution in [3.63, 3.8) is 0 Å².